The molecule has 12 heavy (non-hydrogen) atoms. The lowest BCUT2D eigenvalue weighted by molar-refractivity contribution is -0.120. The van der Waals surface area contributed by atoms with Gasteiger partial charge in [0.25, 0.3) is 0 Å². The molecule has 4 nitrogen and oxygen atoms in total. The molecule has 0 radical (unpaired) electrons. The Hall–Kier alpha value is -0.610. The number of hydrogen-bond donors (Lipinski definition) is 3. The van der Waals surface area contributed by atoms with Crippen LogP contribution in [0.25, 0.3) is 0 Å². The minimum atomic E-state index is -0.406. The van der Waals surface area contributed by atoms with Gasteiger partial charge in [-0.25, -0.2) is 0 Å². The highest BCUT2D eigenvalue weighted by Crippen LogP contribution is 1.77. The highest BCUT2D eigenvalue weighted by Gasteiger charge is 2.02. The van der Waals surface area contributed by atoms with Crippen molar-refractivity contribution < 1.29 is 9.90 Å². The standard InChI is InChI=1S/C8H18N2O2/c1-6(2)10-8(12)5-9-4-7(3)11/h6-7,9,11H,4-5H2,1-3H3,(H,10,12)/t7-/m1/s1. The summed E-state index contributed by atoms with van der Waals surface area (Å²) >= 11 is 0. The van der Waals surface area contributed by atoms with Crippen LogP contribution in [0.15, 0.2) is 0 Å². The summed E-state index contributed by atoms with van der Waals surface area (Å²) in [4.78, 5) is 11.0. The van der Waals surface area contributed by atoms with Crippen LogP contribution in [0, 0.1) is 0 Å². The lowest BCUT2D eigenvalue weighted by Gasteiger charge is -2.09. The summed E-state index contributed by atoms with van der Waals surface area (Å²) in [6.07, 6.45) is -0.406. The number of hydrogen-bond acceptors (Lipinski definition) is 3. The number of rotatable bonds is 5. The van der Waals surface area contributed by atoms with Crippen LogP contribution in [-0.2, 0) is 4.79 Å². The minimum absolute atomic E-state index is 0.0364. The van der Waals surface area contributed by atoms with E-state index in [0.717, 1.165) is 0 Å². The molecule has 0 rings (SSSR count). The lowest BCUT2D eigenvalue weighted by Crippen LogP contribution is -2.39. The van der Waals surface area contributed by atoms with E-state index in [0.29, 0.717) is 6.54 Å². The molecule has 0 saturated heterocycles. The number of aliphatic hydroxyl groups excluding tert-OH is 1. The van der Waals surface area contributed by atoms with Gasteiger partial charge in [0.05, 0.1) is 12.6 Å². The molecule has 0 aliphatic rings. The molecule has 1 atom stereocenters. The molecule has 0 fully saturated rings. The molecule has 0 aromatic rings. The molecule has 72 valence electrons. The Morgan fingerprint density at radius 3 is 2.42 bits per heavy atom. The molecule has 0 heterocycles. The molecule has 0 aromatic heterocycles. The summed E-state index contributed by atoms with van der Waals surface area (Å²) in [5.74, 6) is -0.0364. The van der Waals surface area contributed by atoms with Crippen molar-refractivity contribution in [2.24, 2.45) is 0 Å². The van der Waals surface area contributed by atoms with Gasteiger partial charge in [0.2, 0.25) is 5.91 Å². The zero-order chi connectivity index (χ0) is 9.56. The van der Waals surface area contributed by atoms with Crippen molar-refractivity contribution in [2.75, 3.05) is 13.1 Å². The number of carbonyl (C=O) groups excluding carboxylic acids is 1. The van der Waals surface area contributed by atoms with E-state index < -0.39 is 6.10 Å². The van der Waals surface area contributed by atoms with E-state index in [1.165, 1.54) is 0 Å². The van der Waals surface area contributed by atoms with Crippen molar-refractivity contribution >= 4 is 5.91 Å². The fourth-order valence-electron chi connectivity index (χ4n) is 0.768. The number of amides is 1. The van der Waals surface area contributed by atoms with Crippen molar-refractivity contribution in [3.8, 4) is 0 Å². The normalized spacial score (nSPS) is 13.1. The Morgan fingerprint density at radius 1 is 1.42 bits per heavy atom. The molecule has 0 saturated carbocycles. The summed E-state index contributed by atoms with van der Waals surface area (Å²) in [6.45, 7) is 6.21. The third kappa shape index (κ3) is 7.50. The van der Waals surface area contributed by atoms with E-state index in [2.05, 4.69) is 10.6 Å². The molecular weight excluding hydrogens is 156 g/mol. The molecule has 3 N–H and O–H groups in total. The van der Waals surface area contributed by atoms with Crippen LogP contribution >= 0.6 is 0 Å². The molecule has 0 spiro atoms. The fraction of sp³-hybridized carbons (Fsp3) is 0.875. The molecule has 0 bridgehead atoms. The highest BCUT2D eigenvalue weighted by molar-refractivity contribution is 5.78. The Morgan fingerprint density at radius 2 is 2.00 bits per heavy atom. The minimum Gasteiger partial charge on any atom is -0.392 e. The Balaban J connectivity index is 3.32. The smallest absolute Gasteiger partial charge is 0.234 e. The first kappa shape index (κ1) is 11.4. The maximum Gasteiger partial charge on any atom is 0.234 e. The zero-order valence-corrected chi connectivity index (χ0v) is 7.92. The zero-order valence-electron chi connectivity index (χ0n) is 7.92. The van der Waals surface area contributed by atoms with Gasteiger partial charge < -0.3 is 15.7 Å². The van der Waals surface area contributed by atoms with Crippen molar-refractivity contribution in [3.63, 3.8) is 0 Å². The molecule has 4 heteroatoms. The average molecular weight is 174 g/mol. The Bertz CT molecular complexity index is 135. The van der Waals surface area contributed by atoms with Gasteiger partial charge in [0, 0.05) is 12.6 Å². The molecule has 0 aliphatic carbocycles. The third-order valence-corrected chi connectivity index (χ3v) is 1.17. The predicted molar refractivity (Wildman–Crippen MR) is 47.8 cm³/mol. The van der Waals surface area contributed by atoms with Crippen molar-refractivity contribution in [1.29, 1.82) is 0 Å². The van der Waals surface area contributed by atoms with Crippen molar-refractivity contribution in [3.05, 3.63) is 0 Å². The topological polar surface area (TPSA) is 61.4 Å². The molecule has 0 aromatic carbocycles. The van der Waals surface area contributed by atoms with Crippen LogP contribution in [0.1, 0.15) is 20.8 Å². The van der Waals surface area contributed by atoms with Gasteiger partial charge >= 0.3 is 0 Å². The van der Waals surface area contributed by atoms with Gasteiger partial charge in [-0.1, -0.05) is 0 Å². The van der Waals surface area contributed by atoms with E-state index in [1.807, 2.05) is 13.8 Å². The van der Waals surface area contributed by atoms with Crippen LogP contribution < -0.4 is 10.6 Å². The molecule has 1 amide bonds. The first-order valence-corrected chi connectivity index (χ1v) is 4.20. The van der Waals surface area contributed by atoms with Crippen LogP contribution in [0.4, 0.5) is 0 Å². The van der Waals surface area contributed by atoms with Crippen molar-refractivity contribution in [1.82, 2.24) is 10.6 Å². The second-order valence-corrected chi connectivity index (χ2v) is 3.20. The van der Waals surface area contributed by atoms with Gasteiger partial charge in [-0.2, -0.15) is 0 Å². The van der Waals surface area contributed by atoms with E-state index >= 15 is 0 Å². The Labute approximate surface area is 73.3 Å². The Kier molecular flexibility index (Phi) is 5.66. The van der Waals surface area contributed by atoms with Gasteiger partial charge in [-0.05, 0) is 20.8 Å². The van der Waals surface area contributed by atoms with Gasteiger partial charge in [-0.3, -0.25) is 4.79 Å². The summed E-state index contributed by atoms with van der Waals surface area (Å²) < 4.78 is 0. The molecule has 0 aliphatic heterocycles. The monoisotopic (exact) mass is 174 g/mol. The number of carbonyl (C=O) groups is 1. The van der Waals surface area contributed by atoms with E-state index in [1.54, 1.807) is 6.92 Å². The number of aliphatic hydroxyl groups is 1. The predicted octanol–water partition coefficient (Wildman–Crippen LogP) is -0.519. The van der Waals surface area contributed by atoms with E-state index in [4.69, 9.17) is 5.11 Å². The van der Waals surface area contributed by atoms with Crippen LogP contribution in [-0.4, -0.2) is 36.2 Å². The third-order valence-electron chi connectivity index (χ3n) is 1.17. The second-order valence-electron chi connectivity index (χ2n) is 3.20. The summed E-state index contributed by atoms with van der Waals surface area (Å²) in [6, 6.07) is 0.172. The summed E-state index contributed by atoms with van der Waals surface area (Å²) in [7, 11) is 0. The van der Waals surface area contributed by atoms with Gasteiger partial charge in [-0.15, -0.1) is 0 Å². The highest BCUT2D eigenvalue weighted by atomic mass is 16.3. The van der Waals surface area contributed by atoms with Crippen LogP contribution in [0.2, 0.25) is 0 Å². The lowest BCUT2D eigenvalue weighted by atomic mass is 10.3. The van der Waals surface area contributed by atoms with Crippen molar-refractivity contribution in [2.45, 2.75) is 32.9 Å². The molecule has 0 unspecified atom stereocenters. The first-order valence-electron chi connectivity index (χ1n) is 4.20. The average Bonchev–Trinajstić information content (AvgIpc) is 1.84. The van der Waals surface area contributed by atoms with Gasteiger partial charge in [0.1, 0.15) is 0 Å². The second kappa shape index (κ2) is 5.97. The summed E-state index contributed by atoms with van der Waals surface area (Å²) in [5.41, 5.74) is 0. The maximum absolute atomic E-state index is 11.0. The van der Waals surface area contributed by atoms with Gasteiger partial charge in [0.15, 0.2) is 0 Å². The van der Waals surface area contributed by atoms with E-state index in [9.17, 15) is 4.79 Å². The maximum atomic E-state index is 11.0. The summed E-state index contributed by atoms with van der Waals surface area (Å²) in [5, 5.41) is 14.4. The fourth-order valence-corrected chi connectivity index (χ4v) is 0.768. The quantitative estimate of drug-likeness (QED) is 0.525. The number of nitrogens with one attached hydrogen (secondary N) is 2. The van der Waals surface area contributed by atoms with E-state index in [-0.39, 0.29) is 18.5 Å². The largest absolute Gasteiger partial charge is 0.392 e. The van der Waals surface area contributed by atoms with Crippen LogP contribution in [0.3, 0.4) is 0 Å². The van der Waals surface area contributed by atoms with Crippen LogP contribution in [0.5, 0.6) is 0 Å². The molecular formula is C8H18N2O2. The first-order chi connectivity index (χ1) is 5.52. The SMILES string of the molecule is CC(C)NC(=O)CNC[C@@H](C)O.